The molecule has 1 rings (SSSR count). The molecule has 0 aromatic heterocycles. The first-order valence-corrected chi connectivity index (χ1v) is 5.24. The van der Waals surface area contributed by atoms with Crippen LogP contribution in [0.5, 0.6) is 0 Å². The number of nitrogens with two attached hydrogens (primary N) is 1. The molecule has 0 bridgehead atoms. The fourth-order valence-electron chi connectivity index (χ4n) is 1.23. The fourth-order valence-corrected chi connectivity index (χ4v) is 1.39. The molecule has 0 heterocycles. The summed E-state index contributed by atoms with van der Waals surface area (Å²) < 4.78 is 0. The normalized spacial score (nSPS) is 12.6. The van der Waals surface area contributed by atoms with E-state index in [1.165, 1.54) is 0 Å². The zero-order valence-electron chi connectivity index (χ0n) is 8.89. The van der Waals surface area contributed by atoms with Gasteiger partial charge in [0.1, 0.15) is 0 Å². The highest BCUT2D eigenvalue weighted by Gasteiger charge is 2.05. The summed E-state index contributed by atoms with van der Waals surface area (Å²) in [5.74, 6) is 0. The topological polar surface area (TPSA) is 38.0 Å². The fraction of sp³-hybridized carbons (Fsp3) is 0.455. The third-order valence-corrected chi connectivity index (χ3v) is 2.69. The van der Waals surface area contributed by atoms with Crippen LogP contribution in [0.3, 0.4) is 0 Å². The van der Waals surface area contributed by atoms with Gasteiger partial charge in [0.25, 0.3) is 0 Å². The monoisotopic (exact) mass is 212 g/mol. The molecular weight excluding hydrogens is 196 g/mol. The van der Waals surface area contributed by atoms with Gasteiger partial charge < -0.3 is 11.1 Å². The average Bonchev–Trinajstić information content (AvgIpc) is 2.14. The van der Waals surface area contributed by atoms with Crippen molar-refractivity contribution in [1.29, 1.82) is 0 Å². The van der Waals surface area contributed by atoms with Crippen LogP contribution in [-0.2, 0) is 0 Å². The van der Waals surface area contributed by atoms with Crippen molar-refractivity contribution in [2.45, 2.75) is 33.2 Å². The van der Waals surface area contributed by atoms with Gasteiger partial charge in [-0.1, -0.05) is 18.5 Å². The number of anilines is 2. The van der Waals surface area contributed by atoms with Crippen LogP contribution in [0.4, 0.5) is 11.4 Å². The van der Waals surface area contributed by atoms with Crippen molar-refractivity contribution in [3.63, 3.8) is 0 Å². The Labute approximate surface area is 90.4 Å². The first-order valence-electron chi connectivity index (χ1n) is 4.86. The molecule has 1 aromatic rings. The molecule has 0 fully saturated rings. The molecule has 0 amide bonds. The van der Waals surface area contributed by atoms with Gasteiger partial charge in [0.05, 0.1) is 10.7 Å². The number of hydrogen-bond acceptors (Lipinski definition) is 2. The second-order valence-corrected chi connectivity index (χ2v) is 4.05. The maximum Gasteiger partial charge on any atom is 0.0656 e. The van der Waals surface area contributed by atoms with Crippen molar-refractivity contribution < 1.29 is 0 Å². The van der Waals surface area contributed by atoms with Crippen molar-refractivity contribution in [2.75, 3.05) is 11.1 Å². The molecule has 0 aliphatic rings. The maximum absolute atomic E-state index is 5.95. The van der Waals surface area contributed by atoms with Gasteiger partial charge in [0.15, 0.2) is 0 Å². The first kappa shape index (κ1) is 11.2. The Morgan fingerprint density at radius 1 is 1.50 bits per heavy atom. The van der Waals surface area contributed by atoms with Gasteiger partial charge in [-0.3, -0.25) is 0 Å². The SMILES string of the molecule is CCC(C)Nc1cc(Cl)c(N)cc1C. The van der Waals surface area contributed by atoms with Gasteiger partial charge in [0.2, 0.25) is 0 Å². The lowest BCUT2D eigenvalue weighted by molar-refractivity contribution is 0.763. The second-order valence-electron chi connectivity index (χ2n) is 3.64. The van der Waals surface area contributed by atoms with E-state index in [-0.39, 0.29) is 0 Å². The van der Waals surface area contributed by atoms with Crippen LogP contribution in [-0.4, -0.2) is 6.04 Å². The van der Waals surface area contributed by atoms with Gasteiger partial charge in [-0.25, -0.2) is 0 Å². The minimum absolute atomic E-state index is 0.452. The molecule has 0 saturated carbocycles. The largest absolute Gasteiger partial charge is 0.398 e. The van der Waals surface area contributed by atoms with Crippen LogP contribution in [0.25, 0.3) is 0 Å². The Bertz CT molecular complexity index is 323. The molecule has 0 saturated heterocycles. The summed E-state index contributed by atoms with van der Waals surface area (Å²) >= 11 is 5.95. The Morgan fingerprint density at radius 3 is 2.71 bits per heavy atom. The van der Waals surface area contributed by atoms with E-state index in [2.05, 4.69) is 19.2 Å². The van der Waals surface area contributed by atoms with E-state index in [1.54, 1.807) is 0 Å². The summed E-state index contributed by atoms with van der Waals surface area (Å²) in [6, 6.07) is 4.24. The summed E-state index contributed by atoms with van der Waals surface area (Å²) in [6.07, 6.45) is 1.08. The van der Waals surface area contributed by atoms with Gasteiger partial charge in [-0.2, -0.15) is 0 Å². The highest BCUT2D eigenvalue weighted by atomic mass is 35.5. The summed E-state index contributed by atoms with van der Waals surface area (Å²) in [5, 5.41) is 4.00. The number of rotatable bonds is 3. The van der Waals surface area contributed by atoms with Crippen LogP contribution in [0.1, 0.15) is 25.8 Å². The van der Waals surface area contributed by atoms with Crippen molar-refractivity contribution >= 4 is 23.0 Å². The van der Waals surface area contributed by atoms with Gasteiger partial charge in [-0.15, -0.1) is 0 Å². The predicted molar refractivity (Wildman–Crippen MR) is 64.0 cm³/mol. The van der Waals surface area contributed by atoms with Crippen molar-refractivity contribution in [1.82, 2.24) is 0 Å². The summed E-state index contributed by atoms with van der Waals surface area (Å²) in [7, 11) is 0. The Kier molecular flexibility index (Phi) is 3.64. The molecule has 78 valence electrons. The standard InChI is InChI=1S/C11H17ClN2/c1-4-8(3)14-11-6-9(12)10(13)5-7(11)2/h5-6,8,14H,4,13H2,1-3H3. The van der Waals surface area contributed by atoms with Crippen molar-refractivity contribution in [3.8, 4) is 0 Å². The molecule has 2 nitrogen and oxygen atoms in total. The molecule has 3 heteroatoms. The number of nitrogens with one attached hydrogen (secondary N) is 1. The van der Waals surface area contributed by atoms with Crippen LogP contribution >= 0.6 is 11.6 Å². The quantitative estimate of drug-likeness (QED) is 0.754. The minimum atomic E-state index is 0.452. The number of benzene rings is 1. The third kappa shape index (κ3) is 2.55. The van der Waals surface area contributed by atoms with Gasteiger partial charge >= 0.3 is 0 Å². The summed E-state index contributed by atoms with van der Waals surface area (Å²) in [5.41, 5.74) is 8.53. The molecule has 0 spiro atoms. The molecule has 1 aromatic carbocycles. The number of hydrogen-bond donors (Lipinski definition) is 2. The average molecular weight is 213 g/mol. The maximum atomic E-state index is 5.95. The highest BCUT2D eigenvalue weighted by molar-refractivity contribution is 6.33. The predicted octanol–water partition coefficient (Wildman–Crippen LogP) is 3.44. The third-order valence-electron chi connectivity index (χ3n) is 2.36. The minimum Gasteiger partial charge on any atom is -0.398 e. The van der Waals surface area contributed by atoms with Crippen LogP contribution in [0.2, 0.25) is 5.02 Å². The molecular formula is C11H17ClN2. The zero-order chi connectivity index (χ0) is 10.7. The number of nitrogen functional groups attached to an aromatic ring is 1. The molecule has 0 radical (unpaired) electrons. The Morgan fingerprint density at radius 2 is 2.14 bits per heavy atom. The lowest BCUT2D eigenvalue weighted by atomic mass is 10.1. The van der Waals surface area contributed by atoms with E-state index < -0.39 is 0 Å². The lowest BCUT2D eigenvalue weighted by Crippen LogP contribution is -2.14. The molecule has 3 N–H and O–H groups in total. The molecule has 14 heavy (non-hydrogen) atoms. The summed E-state index contributed by atoms with van der Waals surface area (Å²) in [4.78, 5) is 0. The van der Waals surface area contributed by atoms with Crippen LogP contribution in [0, 0.1) is 6.92 Å². The lowest BCUT2D eigenvalue weighted by Gasteiger charge is -2.16. The van der Waals surface area contributed by atoms with E-state index in [9.17, 15) is 0 Å². The highest BCUT2D eigenvalue weighted by Crippen LogP contribution is 2.27. The van der Waals surface area contributed by atoms with E-state index in [4.69, 9.17) is 17.3 Å². The molecule has 0 aliphatic carbocycles. The first-order chi connectivity index (χ1) is 6.54. The summed E-state index contributed by atoms with van der Waals surface area (Å²) in [6.45, 7) is 6.31. The molecule has 1 atom stereocenters. The van der Waals surface area contributed by atoms with E-state index >= 15 is 0 Å². The van der Waals surface area contributed by atoms with E-state index in [0.29, 0.717) is 16.8 Å². The van der Waals surface area contributed by atoms with Crippen molar-refractivity contribution in [2.24, 2.45) is 0 Å². The van der Waals surface area contributed by atoms with Gasteiger partial charge in [-0.05, 0) is 38.0 Å². The molecule has 0 aliphatic heterocycles. The molecule has 1 unspecified atom stereocenters. The number of halogens is 1. The second kappa shape index (κ2) is 4.56. The van der Waals surface area contributed by atoms with Crippen molar-refractivity contribution in [3.05, 3.63) is 22.7 Å². The smallest absolute Gasteiger partial charge is 0.0656 e. The van der Waals surface area contributed by atoms with E-state index in [0.717, 1.165) is 17.7 Å². The van der Waals surface area contributed by atoms with Crippen LogP contribution in [0.15, 0.2) is 12.1 Å². The Hall–Kier alpha value is -0.890. The number of aryl methyl sites for hydroxylation is 1. The zero-order valence-corrected chi connectivity index (χ0v) is 9.65. The Balaban J connectivity index is 2.92. The van der Waals surface area contributed by atoms with E-state index in [1.807, 2.05) is 19.1 Å². The van der Waals surface area contributed by atoms with Gasteiger partial charge in [0, 0.05) is 11.7 Å². The van der Waals surface area contributed by atoms with Crippen LogP contribution < -0.4 is 11.1 Å².